The third-order valence-electron chi connectivity index (χ3n) is 4.22. The molecule has 146 valence electrons. The standard InChI is InChI=1S/C19H13F3N6O/c1-11-15(17(29)25-14-6-2-5-13(8-14)19(20,21)22)10-24-18-26-16(27-28(11)18)12-4-3-7-23-9-12/h2-10H,1H3,(H,25,29). The van der Waals surface area contributed by atoms with Gasteiger partial charge in [-0.15, -0.1) is 5.10 Å². The lowest BCUT2D eigenvalue weighted by atomic mass is 10.1. The van der Waals surface area contributed by atoms with Crippen LogP contribution in [0.25, 0.3) is 17.2 Å². The van der Waals surface area contributed by atoms with E-state index in [2.05, 4.69) is 25.4 Å². The highest BCUT2D eigenvalue weighted by molar-refractivity contribution is 6.05. The Hall–Kier alpha value is -3.82. The predicted octanol–water partition coefficient (Wildman–Crippen LogP) is 3.77. The van der Waals surface area contributed by atoms with Crippen LogP contribution in [0.4, 0.5) is 18.9 Å². The average molecular weight is 398 g/mol. The van der Waals surface area contributed by atoms with Gasteiger partial charge in [-0.25, -0.2) is 9.50 Å². The van der Waals surface area contributed by atoms with E-state index in [1.165, 1.54) is 22.8 Å². The Balaban J connectivity index is 1.66. The van der Waals surface area contributed by atoms with Gasteiger partial charge in [0.25, 0.3) is 11.7 Å². The molecule has 0 aliphatic rings. The van der Waals surface area contributed by atoms with E-state index >= 15 is 0 Å². The van der Waals surface area contributed by atoms with E-state index in [-0.39, 0.29) is 17.0 Å². The molecule has 29 heavy (non-hydrogen) atoms. The molecule has 0 aliphatic heterocycles. The van der Waals surface area contributed by atoms with Crippen LogP contribution in [-0.4, -0.2) is 30.5 Å². The molecule has 1 N–H and O–H groups in total. The molecule has 0 saturated heterocycles. The summed E-state index contributed by atoms with van der Waals surface area (Å²) in [5.74, 6) is 0.0794. The minimum Gasteiger partial charge on any atom is -0.322 e. The highest BCUT2D eigenvalue weighted by Gasteiger charge is 2.30. The van der Waals surface area contributed by atoms with Gasteiger partial charge in [0.05, 0.1) is 16.8 Å². The quantitative estimate of drug-likeness (QED) is 0.568. The van der Waals surface area contributed by atoms with Crippen molar-refractivity contribution in [2.24, 2.45) is 0 Å². The molecule has 0 spiro atoms. The van der Waals surface area contributed by atoms with Gasteiger partial charge in [0.1, 0.15) is 0 Å². The van der Waals surface area contributed by atoms with Crippen LogP contribution in [0.15, 0.2) is 55.0 Å². The first kappa shape index (κ1) is 18.5. The van der Waals surface area contributed by atoms with E-state index < -0.39 is 17.6 Å². The number of hydrogen-bond donors (Lipinski definition) is 1. The van der Waals surface area contributed by atoms with Gasteiger partial charge in [0.2, 0.25) is 0 Å². The summed E-state index contributed by atoms with van der Waals surface area (Å²) in [6.07, 6.45) is 0.0419. The lowest BCUT2D eigenvalue weighted by Gasteiger charge is -2.11. The third-order valence-corrected chi connectivity index (χ3v) is 4.22. The number of aromatic nitrogens is 5. The minimum absolute atomic E-state index is 0.0268. The van der Waals surface area contributed by atoms with Crippen LogP contribution >= 0.6 is 0 Å². The number of benzene rings is 1. The smallest absolute Gasteiger partial charge is 0.322 e. The van der Waals surface area contributed by atoms with Crippen molar-refractivity contribution in [2.45, 2.75) is 13.1 Å². The second-order valence-corrected chi connectivity index (χ2v) is 6.18. The van der Waals surface area contributed by atoms with Gasteiger partial charge in [0.15, 0.2) is 5.82 Å². The fraction of sp³-hybridized carbons (Fsp3) is 0.105. The number of fused-ring (bicyclic) bond motifs is 1. The van der Waals surface area contributed by atoms with Crippen LogP contribution in [0, 0.1) is 6.92 Å². The van der Waals surface area contributed by atoms with Crippen LogP contribution in [-0.2, 0) is 6.18 Å². The average Bonchev–Trinajstić information content (AvgIpc) is 3.14. The fourth-order valence-corrected chi connectivity index (χ4v) is 2.75. The number of pyridine rings is 1. The van der Waals surface area contributed by atoms with Gasteiger partial charge in [-0.1, -0.05) is 6.07 Å². The van der Waals surface area contributed by atoms with Crippen molar-refractivity contribution in [1.82, 2.24) is 24.6 Å². The Morgan fingerprint density at radius 1 is 1.14 bits per heavy atom. The molecule has 7 nitrogen and oxygen atoms in total. The van der Waals surface area contributed by atoms with Crippen LogP contribution in [0.1, 0.15) is 21.6 Å². The first-order valence-electron chi connectivity index (χ1n) is 8.44. The number of amides is 1. The number of rotatable bonds is 3. The molecule has 10 heteroatoms. The SMILES string of the molecule is Cc1c(C(=O)Nc2cccc(C(F)(F)F)c2)cnc2nc(-c3cccnc3)nn12. The van der Waals surface area contributed by atoms with Gasteiger partial charge in [-0.05, 0) is 37.3 Å². The van der Waals surface area contributed by atoms with Crippen molar-refractivity contribution < 1.29 is 18.0 Å². The molecule has 0 unspecified atom stereocenters. The lowest BCUT2D eigenvalue weighted by molar-refractivity contribution is -0.137. The zero-order chi connectivity index (χ0) is 20.6. The molecule has 3 heterocycles. The van der Waals surface area contributed by atoms with Gasteiger partial charge in [0, 0.05) is 29.8 Å². The van der Waals surface area contributed by atoms with Crippen molar-refractivity contribution in [3.05, 3.63) is 71.8 Å². The Bertz CT molecular complexity index is 1200. The molecule has 3 aromatic heterocycles. The van der Waals surface area contributed by atoms with Gasteiger partial charge in [-0.3, -0.25) is 9.78 Å². The molecule has 4 aromatic rings. The van der Waals surface area contributed by atoms with Crippen molar-refractivity contribution >= 4 is 17.4 Å². The second-order valence-electron chi connectivity index (χ2n) is 6.18. The molecule has 0 atom stereocenters. The zero-order valence-corrected chi connectivity index (χ0v) is 15.0. The molecular formula is C19H13F3N6O. The number of halogens is 3. The molecule has 0 saturated carbocycles. The maximum atomic E-state index is 12.9. The maximum absolute atomic E-state index is 12.9. The Morgan fingerprint density at radius 2 is 1.97 bits per heavy atom. The second kappa shape index (κ2) is 6.97. The lowest BCUT2D eigenvalue weighted by Crippen LogP contribution is -2.16. The molecule has 1 aromatic carbocycles. The van der Waals surface area contributed by atoms with Crippen molar-refractivity contribution in [1.29, 1.82) is 0 Å². The molecule has 0 bridgehead atoms. The van der Waals surface area contributed by atoms with E-state index in [1.54, 1.807) is 31.5 Å². The highest BCUT2D eigenvalue weighted by atomic mass is 19.4. The molecular weight excluding hydrogens is 385 g/mol. The Labute approximate surface area is 162 Å². The number of nitrogens with zero attached hydrogens (tertiary/aromatic N) is 5. The number of carbonyl (C=O) groups is 1. The summed E-state index contributed by atoms with van der Waals surface area (Å²) in [7, 11) is 0. The van der Waals surface area contributed by atoms with Crippen molar-refractivity contribution in [3.63, 3.8) is 0 Å². The van der Waals surface area contributed by atoms with E-state index in [0.717, 1.165) is 12.1 Å². The summed E-state index contributed by atoms with van der Waals surface area (Å²) >= 11 is 0. The van der Waals surface area contributed by atoms with E-state index in [4.69, 9.17) is 0 Å². The first-order chi connectivity index (χ1) is 13.8. The summed E-state index contributed by atoms with van der Waals surface area (Å²) in [5.41, 5.74) is 0.476. The monoisotopic (exact) mass is 398 g/mol. The maximum Gasteiger partial charge on any atom is 0.416 e. The normalized spacial score (nSPS) is 11.6. The molecule has 4 rings (SSSR count). The predicted molar refractivity (Wildman–Crippen MR) is 98.1 cm³/mol. The number of carbonyl (C=O) groups excluding carboxylic acids is 1. The van der Waals surface area contributed by atoms with Crippen molar-refractivity contribution in [3.8, 4) is 11.4 Å². The number of alkyl halides is 3. The van der Waals surface area contributed by atoms with E-state index in [9.17, 15) is 18.0 Å². The van der Waals surface area contributed by atoms with Gasteiger partial charge >= 0.3 is 6.18 Å². The van der Waals surface area contributed by atoms with Crippen LogP contribution in [0.2, 0.25) is 0 Å². The largest absolute Gasteiger partial charge is 0.416 e. The Kier molecular flexibility index (Phi) is 4.45. The van der Waals surface area contributed by atoms with E-state index in [1.807, 2.05) is 0 Å². The summed E-state index contributed by atoms with van der Waals surface area (Å²) < 4.78 is 40.0. The number of hydrogen-bond acceptors (Lipinski definition) is 5. The van der Waals surface area contributed by atoms with E-state index in [0.29, 0.717) is 17.1 Å². The summed E-state index contributed by atoms with van der Waals surface area (Å²) in [5, 5.41) is 6.82. The van der Waals surface area contributed by atoms with Crippen LogP contribution in [0.3, 0.4) is 0 Å². The molecule has 0 radical (unpaired) electrons. The number of nitrogens with one attached hydrogen (secondary N) is 1. The molecule has 0 aliphatic carbocycles. The van der Waals surface area contributed by atoms with Crippen LogP contribution < -0.4 is 5.32 Å². The highest BCUT2D eigenvalue weighted by Crippen LogP contribution is 2.30. The van der Waals surface area contributed by atoms with Gasteiger partial charge < -0.3 is 5.32 Å². The molecule has 0 fully saturated rings. The number of anilines is 1. The summed E-state index contributed by atoms with van der Waals surface area (Å²) in [6.45, 7) is 1.65. The van der Waals surface area contributed by atoms with Crippen molar-refractivity contribution in [2.75, 3.05) is 5.32 Å². The summed E-state index contributed by atoms with van der Waals surface area (Å²) in [6, 6.07) is 7.95. The number of aryl methyl sites for hydroxylation is 1. The third kappa shape index (κ3) is 3.64. The van der Waals surface area contributed by atoms with Gasteiger partial charge in [-0.2, -0.15) is 18.2 Å². The Morgan fingerprint density at radius 3 is 2.69 bits per heavy atom. The fourth-order valence-electron chi connectivity index (χ4n) is 2.75. The zero-order valence-electron chi connectivity index (χ0n) is 15.0. The minimum atomic E-state index is -4.50. The first-order valence-corrected chi connectivity index (χ1v) is 8.44. The summed E-state index contributed by atoms with van der Waals surface area (Å²) in [4.78, 5) is 25.1. The topological polar surface area (TPSA) is 85.1 Å². The van der Waals surface area contributed by atoms with Crippen LogP contribution in [0.5, 0.6) is 0 Å². The molecule has 1 amide bonds.